The topological polar surface area (TPSA) is 123 Å². The summed E-state index contributed by atoms with van der Waals surface area (Å²) in [5, 5.41) is 20.7. The van der Waals surface area contributed by atoms with Gasteiger partial charge >= 0.3 is 17.6 Å². The maximum Gasteiger partial charge on any atom is 0.418 e. The van der Waals surface area contributed by atoms with Crippen LogP contribution < -0.4 is 10.9 Å². The second kappa shape index (κ2) is 7.99. The highest BCUT2D eigenvalue weighted by Crippen LogP contribution is 2.47. The fourth-order valence-corrected chi connectivity index (χ4v) is 2.80. The number of nitrogens with zero attached hydrogens (tertiary/aromatic N) is 3. The average Bonchev–Trinajstić information content (AvgIpc) is 2.54. The van der Waals surface area contributed by atoms with Crippen LogP contribution >= 0.6 is 46.4 Å². The van der Waals surface area contributed by atoms with Crippen LogP contribution in [0.25, 0.3) is 0 Å². The van der Waals surface area contributed by atoms with Gasteiger partial charge in [0.1, 0.15) is 10.2 Å². The number of pyridine rings is 1. The van der Waals surface area contributed by atoms with Gasteiger partial charge in [-0.05, 0) is 6.07 Å². The first-order valence-corrected chi connectivity index (χ1v) is 8.11. The number of halogens is 7. The Morgan fingerprint density at radius 1 is 0.964 bits per heavy atom. The van der Waals surface area contributed by atoms with E-state index in [-0.39, 0.29) is 27.1 Å². The van der Waals surface area contributed by atoms with Crippen molar-refractivity contribution in [3.05, 3.63) is 58.1 Å². The molecule has 0 aliphatic rings. The molecular formula is C12H4Cl4F3N5O4. The van der Waals surface area contributed by atoms with Crippen molar-refractivity contribution in [2.24, 2.45) is 0 Å². The Morgan fingerprint density at radius 2 is 1.57 bits per heavy atom. The molecule has 2 N–H and O–H groups in total. The van der Waals surface area contributed by atoms with Crippen LogP contribution in [0.5, 0.6) is 0 Å². The van der Waals surface area contributed by atoms with Gasteiger partial charge in [-0.1, -0.05) is 46.4 Å². The minimum Gasteiger partial charge on any atom is -0.287 e. The first kappa shape index (κ1) is 22.0. The minimum absolute atomic E-state index is 0.0354. The highest BCUT2D eigenvalue weighted by molar-refractivity contribution is 6.43. The minimum atomic E-state index is -5.17. The van der Waals surface area contributed by atoms with Crippen LogP contribution in [0.2, 0.25) is 20.2 Å². The molecular weight excluding hydrogens is 477 g/mol. The van der Waals surface area contributed by atoms with E-state index >= 15 is 0 Å². The molecule has 0 bridgehead atoms. The molecule has 0 spiro atoms. The molecule has 2 rings (SSSR count). The Bertz CT molecular complexity index is 989. The number of hydrogen-bond donors (Lipinski definition) is 2. The Hall–Kier alpha value is -2.28. The molecule has 150 valence electrons. The van der Waals surface area contributed by atoms with Crippen LogP contribution in [0.3, 0.4) is 0 Å². The van der Waals surface area contributed by atoms with E-state index in [1.165, 1.54) is 0 Å². The normalized spacial score (nSPS) is 11.2. The first-order valence-electron chi connectivity index (χ1n) is 6.60. The van der Waals surface area contributed by atoms with Crippen LogP contribution in [0, 0.1) is 20.2 Å². The summed E-state index contributed by atoms with van der Waals surface area (Å²) in [6.45, 7) is 0. The number of nitro groups is 2. The second-order valence-electron chi connectivity index (χ2n) is 4.83. The molecule has 0 saturated carbocycles. The van der Waals surface area contributed by atoms with Gasteiger partial charge in [-0.25, -0.2) is 4.98 Å². The highest BCUT2D eigenvalue weighted by Gasteiger charge is 2.42. The van der Waals surface area contributed by atoms with Crippen LogP contribution in [-0.4, -0.2) is 14.8 Å². The zero-order valence-corrected chi connectivity index (χ0v) is 15.8. The fraction of sp³-hybridized carbons (Fsp3) is 0.0833. The lowest BCUT2D eigenvalue weighted by Gasteiger charge is -2.15. The summed E-state index contributed by atoms with van der Waals surface area (Å²) in [6.07, 6.45) is -5.17. The summed E-state index contributed by atoms with van der Waals surface area (Å²) in [7, 11) is 0. The third kappa shape index (κ3) is 4.41. The molecule has 28 heavy (non-hydrogen) atoms. The summed E-state index contributed by atoms with van der Waals surface area (Å²) in [5.41, 5.74) is -1.14. The van der Waals surface area contributed by atoms with Crippen molar-refractivity contribution < 1.29 is 23.0 Å². The SMILES string of the molecule is O=[N+]([O-])c1cc(C(F)(F)F)c(Cl)c([N+](=O)[O-])c1NNc1nc(Cl)c(Cl)cc1Cl. The summed E-state index contributed by atoms with van der Waals surface area (Å²) in [5.74, 6) is -0.268. The predicted molar refractivity (Wildman–Crippen MR) is 96.3 cm³/mol. The van der Waals surface area contributed by atoms with Gasteiger partial charge in [0.25, 0.3) is 0 Å². The van der Waals surface area contributed by atoms with Gasteiger partial charge in [0.05, 0.1) is 25.5 Å². The smallest absolute Gasteiger partial charge is 0.287 e. The molecule has 2 aromatic rings. The van der Waals surface area contributed by atoms with E-state index in [4.69, 9.17) is 46.4 Å². The van der Waals surface area contributed by atoms with Crippen molar-refractivity contribution >= 4 is 69.3 Å². The lowest BCUT2D eigenvalue weighted by Crippen LogP contribution is -2.16. The summed E-state index contributed by atoms with van der Waals surface area (Å²) in [6, 6.07) is 1.20. The molecule has 0 saturated heterocycles. The van der Waals surface area contributed by atoms with E-state index in [9.17, 15) is 33.4 Å². The van der Waals surface area contributed by atoms with E-state index in [0.717, 1.165) is 6.07 Å². The highest BCUT2D eigenvalue weighted by atomic mass is 35.5. The van der Waals surface area contributed by atoms with Crippen LogP contribution in [0.4, 0.5) is 36.1 Å². The molecule has 0 unspecified atom stereocenters. The van der Waals surface area contributed by atoms with Crippen LogP contribution in [0.15, 0.2) is 12.1 Å². The molecule has 0 amide bonds. The predicted octanol–water partition coefficient (Wildman–Crippen LogP) is 5.97. The molecule has 16 heteroatoms. The number of benzene rings is 1. The molecule has 0 fully saturated rings. The van der Waals surface area contributed by atoms with Crippen molar-refractivity contribution in [3.63, 3.8) is 0 Å². The largest absolute Gasteiger partial charge is 0.418 e. The summed E-state index contributed by atoms with van der Waals surface area (Å²) < 4.78 is 39.1. The van der Waals surface area contributed by atoms with Gasteiger partial charge in [0.15, 0.2) is 5.82 Å². The number of nitro benzene ring substituents is 2. The Kier molecular flexibility index (Phi) is 6.28. The number of hydrazine groups is 1. The maximum atomic E-state index is 13.0. The maximum absolute atomic E-state index is 13.0. The average molecular weight is 481 g/mol. The Balaban J connectivity index is 2.63. The lowest BCUT2D eigenvalue weighted by molar-refractivity contribution is -0.392. The van der Waals surface area contributed by atoms with E-state index in [1.54, 1.807) is 0 Å². The molecule has 0 aliphatic heterocycles. The van der Waals surface area contributed by atoms with Gasteiger partial charge in [-0.15, -0.1) is 0 Å². The van der Waals surface area contributed by atoms with E-state index in [0.29, 0.717) is 0 Å². The third-order valence-corrected chi connectivity index (χ3v) is 4.44. The molecule has 1 aromatic heterocycles. The number of hydrogen-bond acceptors (Lipinski definition) is 7. The Morgan fingerprint density at radius 3 is 2.07 bits per heavy atom. The fourth-order valence-electron chi connectivity index (χ4n) is 1.93. The lowest BCUT2D eigenvalue weighted by atomic mass is 10.1. The number of rotatable bonds is 5. The second-order valence-corrected chi connectivity index (χ2v) is 6.38. The molecule has 0 radical (unpaired) electrons. The zero-order valence-electron chi connectivity index (χ0n) is 12.8. The van der Waals surface area contributed by atoms with Crippen LogP contribution in [-0.2, 0) is 6.18 Å². The molecule has 1 heterocycles. The molecule has 0 atom stereocenters. The van der Waals surface area contributed by atoms with Gasteiger partial charge < -0.3 is 0 Å². The van der Waals surface area contributed by atoms with Crippen molar-refractivity contribution in [2.75, 3.05) is 10.9 Å². The first-order chi connectivity index (χ1) is 12.8. The van der Waals surface area contributed by atoms with E-state index < -0.39 is 43.7 Å². The molecule has 9 nitrogen and oxygen atoms in total. The van der Waals surface area contributed by atoms with Gasteiger partial charge in [-0.2, -0.15) is 13.2 Å². The summed E-state index contributed by atoms with van der Waals surface area (Å²) >= 11 is 22.7. The van der Waals surface area contributed by atoms with Crippen molar-refractivity contribution in [2.45, 2.75) is 6.18 Å². The molecule has 1 aromatic carbocycles. The van der Waals surface area contributed by atoms with Gasteiger partial charge in [-0.3, -0.25) is 31.1 Å². The van der Waals surface area contributed by atoms with Gasteiger partial charge in [0, 0.05) is 6.07 Å². The standard InChI is InChI=1S/C12H4Cl4F3N5O4/c13-4-2-5(14)11(20-10(4)16)22-21-8-6(23(25)26)1-3(12(17,18)19)7(15)9(8)24(27)28/h1-2,21H,(H,20,22). The number of aromatic nitrogens is 1. The Labute approximate surface area is 172 Å². The summed E-state index contributed by atoms with van der Waals surface area (Å²) in [4.78, 5) is 23.6. The van der Waals surface area contributed by atoms with Crippen molar-refractivity contribution in [1.29, 1.82) is 0 Å². The number of anilines is 2. The van der Waals surface area contributed by atoms with Crippen LogP contribution in [0.1, 0.15) is 5.56 Å². The van der Waals surface area contributed by atoms with Crippen molar-refractivity contribution in [1.82, 2.24) is 4.98 Å². The monoisotopic (exact) mass is 479 g/mol. The van der Waals surface area contributed by atoms with E-state index in [2.05, 4.69) is 10.4 Å². The number of nitrogens with one attached hydrogen (secondary N) is 2. The van der Waals surface area contributed by atoms with Crippen molar-refractivity contribution in [3.8, 4) is 0 Å². The zero-order chi connectivity index (χ0) is 21.4. The number of alkyl halides is 3. The quantitative estimate of drug-likeness (QED) is 0.307. The third-order valence-electron chi connectivity index (χ3n) is 3.10. The van der Waals surface area contributed by atoms with Gasteiger partial charge in [0.2, 0.25) is 5.69 Å². The van der Waals surface area contributed by atoms with E-state index in [1.807, 2.05) is 5.43 Å². The molecule has 0 aliphatic carbocycles.